The van der Waals surface area contributed by atoms with Crippen LogP contribution >= 0.6 is 0 Å². The quantitative estimate of drug-likeness (QED) is 0.865. The number of ether oxygens (including phenoxy) is 1. The lowest BCUT2D eigenvalue weighted by atomic mass is 10.1. The van der Waals surface area contributed by atoms with Gasteiger partial charge in [0.2, 0.25) is 0 Å². The van der Waals surface area contributed by atoms with E-state index in [4.69, 9.17) is 10.5 Å². The Hall–Kier alpha value is -1.84. The lowest BCUT2D eigenvalue weighted by Gasteiger charge is -2.19. The van der Waals surface area contributed by atoms with Gasteiger partial charge in [-0.2, -0.15) is 0 Å². The molecule has 0 amide bonds. The third-order valence-electron chi connectivity index (χ3n) is 3.08. The number of nitrogens with two attached hydrogens (primary N) is 1. The van der Waals surface area contributed by atoms with Gasteiger partial charge in [-0.15, -0.1) is 0 Å². The maximum Gasteiger partial charge on any atom is 0.136 e. The van der Waals surface area contributed by atoms with Crippen molar-refractivity contribution in [3.63, 3.8) is 0 Å². The second-order valence-corrected chi connectivity index (χ2v) is 4.52. The lowest BCUT2D eigenvalue weighted by molar-refractivity contribution is 0.203. The molecule has 2 rings (SSSR count). The number of para-hydroxylation sites is 1. The summed E-state index contributed by atoms with van der Waals surface area (Å²) in [6.45, 7) is 2.40. The Bertz CT molecular complexity index is 523. The van der Waals surface area contributed by atoms with Crippen molar-refractivity contribution in [1.82, 2.24) is 0 Å². The summed E-state index contributed by atoms with van der Waals surface area (Å²) in [5.41, 5.74) is 8.81. The maximum atomic E-state index is 9.30. The molecule has 100 valence electrons. The number of aryl methyl sites for hydroxylation is 1. The molecule has 0 heterocycles. The highest BCUT2D eigenvalue weighted by molar-refractivity contribution is 5.34. The fourth-order valence-corrected chi connectivity index (χ4v) is 1.94. The molecule has 0 aliphatic heterocycles. The van der Waals surface area contributed by atoms with Crippen LogP contribution in [0.4, 0.5) is 0 Å². The first-order valence-corrected chi connectivity index (χ1v) is 6.36. The first-order valence-electron chi connectivity index (χ1n) is 6.36. The number of rotatable bonds is 5. The van der Waals surface area contributed by atoms with Gasteiger partial charge >= 0.3 is 0 Å². The minimum absolute atomic E-state index is 0.0403. The molecule has 0 fully saturated rings. The van der Waals surface area contributed by atoms with E-state index < -0.39 is 0 Å². The van der Waals surface area contributed by atoms with Gasteiger partial charge in [0.05, 0.1) is 6.61 Å². The second kappa shape index (κ2) is 6.36. The fourth-order valence-electron chi connectivity index (χ4n) is 1.94. The van der Waals surface area contributed by atoms with Crippen LogP contribution in [0.15, 0.2) is 48.5 Å². The zero-order valence-corrected chi connectivity index (χ0v) is 11.0. The average Bonchev–Trinajstić information content (AvgIpc) is 2.46. The van der Waals surface area contributed by atoms with Crippen molar-refractivity contribution in [2.45, 2.75) is 19.6 Å². The van der Waals surface area contributed by atoms with Gasteiger partial charge in [0.1, 0.15) is 11.9 Å². The largest absolute Gasteiger partial charge is 0.484 e. The summed E-state index contributed by atoms with van der Waals surface area (Å²) in [7, 11) is 0. The molecule has 0 aliphatic rings. The van der Waals surface area contributed by atoms with Gasteiger partial charge in [-0.25, -0.2) is 0 Å². The van der Waals surface area contributed by atoms with Gasteiger partial charge in [0.15, 0.2) is 0 Å². The lowest BCUT2D eigenvalue weighted by Crippen LogP contribution is -2.19. The Balaban J connectivity index is 2.21. The summed E-state index contributed by atoms with van der Waals surface area (Å²) < 4.78 is 5.93. The molecular weight excluding hydrogens is 238 g/mol. The van der Waals surface area contributed by atoms with Crippen molar-refractivity contribution in [2.24, 2.45) is 5.73 Å². The van der Waals surface area contributed by atoms with Crippen LogP contribution in [0.25, 0.3) is 0 Å². The molecule has 2 aromatic carbocycles. The molecule has 0 saturated heterocycles. The molecule has 0 saturated carbocycles. The molecule has 1 unspecified atom stereocenters. The van der Waals surface area contributed by atoms with Crippen LogP contribution in [-0.4, -0.2) is 11.7 Å². The van der Waals surface area contributed by atoms with Crippen LogP contribution in [0.5, 0.6) is 5.75 Å². The zero-order chi connectivity index (χ0) is 13.7. The number of hydrogen-bond acceptors (Lipinski definition) is 3. The van der Waals surface area contributed by atoms with Crippen molar-refractivity contribution >= 4 is 0 Å². The standard InChI is InChI=1S/C16H19NO2/c1-12-6-8-13(9-7-12)16(10-17)19-15-5-3-2-4-14(15)11-18/h2-9,16,18H,10-11,17H2,1H3. The van der Waals surface area contributed by atoms with E-state index in [0.717, 1.165) is 11.1 Å². The van der Waals surface area contributed by atoms with Crippen molar-refractivity contribution in [3.8, 4) is 5.75 Å². The zero-order valence-electron chi connectivity index (χ0n) is 11.0. The SMILES string of the molecule is Cc1ccc(C(CN)Oc2ccccc2CO)cc1. The van der Waals surface area contributed by atoms with Crippen LogP contribution in [0.1, 0.15) is 22.8 Å². The van der Waals surface area contributed by atoms with E-state index in [0.29, 0.717) is 12.3 Å². The Morgan fingerprint density at radius 2 is 1.79 bits per heavy atom. The third kappa shape index (κ3) is 3.34. The molecule has 0 aliphatic carbocycles. The third-order valence-corrected chi connectivity index (χ3v) is 3.08. The first-order chi connectivity index (χ1) is 9.24. The molecule has 3 nitrogen and oxygen atoms in total. The molecule has 2 aromatic rings. The predicted octanol–water partition coefficient (Wildman–Crippen LogP) is 2.57. The van der Waals surface area contributed by atoms with E-state index in [9.17, 15) is 5.11 Å². The minimum Gasteiger partial charge on any atom is -0.484 e. The van der Waals surface area contributed by atoms with Gasteiger partial charge in [0.25, 0.3) is 0 Å². The second-order valence-electron chi connectivity index (χ2n) is 4.52. The first kappa shape index (κ1) is 13.6. The molecule has 1 atom stereocenters. The smallest absolute Gasteiger partial charge is 0.136 e. The van der Waals surface area contributed by atoms with E-state index >= 15 is 0 Å². The summed E-state index contributed by atoms with van der Waals surface area (Å²) in [6.07, 6.45) is -0.201. The van der Waals surface area contributed by atoms with Crippen LogP contribution < -0.4 is 10.5 Å². The Morgan fingerprint density at radius 1 is 1.11 bits per heavy atom. The summed E-state index contributed by atoms with van der Waals surface area (Å²) in [5.74, 6) is 0.682. The Kier molecular flexibility index (Phi) is 4.55. The topological polar surface area (TPSA) is 55.5 Å². The van der Waals surface area contributed by atoms with Crippen molar-refractivity contribution < 1.29 is 9.84 Å². The van der Waals surface area contributed by atoms with Gasteiger partial charge in [-0.3, -0.25) is 0 Å². The predicted molar refractivity (Wildman–Crippen MR) is 76.0 cm³/mol. The summed E-state index contributed by atoms with van der Waals surface area (Å²) in [6, 6.07) is 15.6. The highest BCUT2D eigenvalue weighted by Crippen LogP contribution is 2.25. The number of hydrogen-bond donors (Lipinski definition) is 2. The monoisotopic (exact) mass is 257 g/mol. The molecular formula is C16H19NO2. The highest BCUT2D eigenvalue weighted by atomic mass is 16.5. The number of aliphatic hydroxyl groups is 1. The molecule has 0 radical (unpaired) electrons. The van der Waals surface area contributed by atoms with E-state index in [1.807, 2.05) is 55.5 Å². The summed E-state index contributed by atoms with van der Waals surface area (Å²) >= 11 is 0. The van der Waals surface area contributed by atoms with Crippen LogP contribution in [-0.2, 0) is 6.61 Å². The fraction of sp³-hybridized carbons (Fsp3) is 0.250. The Morgan fingerprint density at radius 3 is 2.42 bits per heavy atom. The molecule has 19 heavy (non-hydrogen) atoms. The van der Waals surface area contributed by atoms with Gasteiger partial charge in [-0.1, -0.05) is 48.0 Å². The van der Waals surface area contributed by atoms with Crippen molar-refractivity contribution in [3.05, 3.63) is 65.2 Å². The van der Waals surface area contributed by atoms with E-state index in [1.165, 1.54) is 5.56 Å². The summed E-state index contributed by atoms with van der Waals surface area (Å²) in [4.78, 5) is 0. The molecule has 3 N–H and O–H groups in total. The number of aliphatic hydroxyl groups excluding tert-OH is 1. The molecule has 3 heteroatoms. The maximum absolute atomic E-state index is 9.30. The Labute approximate surface area is 113 Å². The van der Waals surface area contributed by atoms with Crippen molar-refractivity contribution in [1.29, 1.82) is 0 Å². The molecule has 0 spiro atoms. The van der Waals surface area contributed by atoms with Gasteiger partial charge in [0, 0.05) is 12.1 Å². The van der Waals surface area contributed by atoms with Gasteiger partial charge < -0.3 is 15.6 Å². The van der Waals surface area contributed by atoms with Gasteiger partial charge in [-0.05, 0) is 18.6 Å². The molecule has 0 bridgehead atoms. The van der Waals surface area contributed by atoms with Crippen molar-refractivity contribution in [2.75, 3.05) is 6.54 Å². The minimum atomic E-state index is -0.201. The van der Waals surface area contributed by atoms with E-state index in [2.05, 4.69) is 0 Å². The van der Waals surface area contributed by atoms with E-state index in [1.54, 1.807) is 0 Å². The van der Waals surface area contributed by atoms with Crippen LogP contribution in [0.3, 0.4) is 0 Å². The van der Waals surface area contributed by atoms with E-state index in [-0.39, 0.29) is 12.7 Å². The molecule has 0 aromatic heterocycles. The van der Waals surface area contributed by atoms with Crippen LogP contribution in [0, 0.1) is 6.92 Å². The summed E-state index contributed by atoms with van der Waals surface area (Å²) in [5, 5.41) is 9.30. The average molecular weight is 257 g/mol. The van der Waals surface area contributed by atoms with Crippen LogP contribution in [0.2, 0.25) is 0 Å². The normalized spacial score (nSPS) is 12.2. The highest BCUT2D eigenvalue weighted by Gasteiger charge is 2.13. The number of benzene rings is 2.